The van der Waals surface area contributed by atoms with Crippen LogP contribution < -0.4 is 24.8 Å². The summed E-state index contributed by atoms with van der Waals surface area (Å²) in [4.78, 5) is 16.8. The van der Waals surface area contributed by atoms with Gasteiger partial charge in [-0.1, -0.05) is 0 Å². The molecule has 0 radical (unpaired) electrons. The molecule has 0 aliphatic carbocycles. The molecular weight excluding hydrogens is 396 g/mol. The van der Waals surface area contributed by atoms with Crippen molar-refractivity contribution in [2.45, 2.75) is 13.3 Å². The van der Waals surface area contributed by atoms with Gasteiger partial charge in [-0.05, 0) is 49.7 Å². The number of fused-ring (bicyclic) bond motifs is 2. The Bertz CT molecular complexity index is 1140. The van der Waals surface area contributed by atoms with Crippen LogP contribution in [-0.4, -0.2) is 37.4 Å². The summed E-state index contributed by atoms with van der Waals surface area (Å²) in [5, 5.41) is 16.4. The van der Waals surface area contributed by atoms with Crippen LogP contribution in [0.4, 0.5) is 5.82 Å². The summed E-state index contributed by atoms with van der Waals surface area (Å²) in [6.45, 7) is 3.73. The zero-order chi connectivity index (χ0) is 21.6. The van der Waals surface area contributed by atoms with Crippen LogP contribution in [-0.2, 0) is 0 Å². The zero-order valence-electron chi connectivity index (χ0n) is 17.1. The predicted molar refractivity (Wildman–Crippen MR) is 116 cm³/mol. The highest BCUT2D eigenvalue weighted by Crippen LogP contribution is 2.36. The molecular formula is C23H22N4O4. The number of anilines is 1. The van der Waals surface area contributed by atoms with Crippen LogP contribution in [0.1, 0.15) is 29.3 Å². The first-order valence-electron chi connectivity index (χ1n) is 10.1. The van der Waals surface area contributed by atoms with E-state index < -0.39 is 0 Å². The fraction of sp³-hybridized carbons (Fsp3) is 0.261. The highest BCUT2D eigenvalue weighted by atomic mass is 16.7. The highest BCUT2D eigenvalue weighted by molar-refractivity contribution is 5.94. The lowest BCUT2D eigenvalue weighted by atomic mass is 10.1. The number of benzene rings is 2. The quantitative estimate of drug-likeness (QED) is 0.540. The molecule has 8 nitrogen and oxygen atoms in total. The number of rotatable bonds is 8. The Labute approximate surface area is 179 Å². The molecule has 158 valence electrons. The van der Waals surface area contributed by atoms with E-state index in [1.807, 2.05) is 13.0 Å². The van der Waals surface area contributed by atoms with Crippen molar-refractivity contribution in [2.24, 2.45) is 0 Å². The van der Waals surface area contributed by atoms with Gasteiger partial charge >= 0.3 is 0 Å². The van der Waals surface area contributed by atoms with Crippen molar-refractivity contribution in [3.8, 4) is 23.3 Å². The number of nitriles is 1. The molecule has 0 atom stereocenters. The lowest BCUT2D eigenvalue weighted by Crippen LogP contribution is -2.25. The first-order valence-corrected chi connectivity index (χ1v) is 10.1. The van der Waals surface area contributed by atoms with Crippen molar-refractivity contribution >= 4 is 22.6 Å². The van der Waals surface area contributed by atoms with Crippen LogP contribution in [0.3, 0.4) is 0 Å². The highest BCUT2D eigenvalue weighted by Gasteiger charge is 2.16. The SMILES string of the molecule is CCOc1ccc(C(=O)NCCCNc2nc3cc4c(cc3cc2C#N)OCO4)cc1. The zero-order valence-corrected chi connectivity index (χ0v) is 17.1. The van der Waals surface area contributed by atoms with Crippen molar-refractivity contribution < 1.29 is 19.0 Å². The van der Waals surface area contributed by atoms with Crippen molar-refractivity contribution in [1.82, 2.24) is 10.3 Å². The van der Waals surface area contributed by atoms with E-state index in [4.69, 9.17) is 14.2 Å². The summed E-state index contributed by atoms with van der Waals surface area (Å²) in [6, 6.07) is 14.6. The fourth-order valence-electron chi connectivity index (χ4n) is 3.25. The average molecular weight is 418 g/mol. The maximum Gasteiger partial charge on any atom is 0.251 e. The third-order valence-corrected chi connectivity index (χ3v) is 4.79. The molecule has 0 spiro atoms. The molecule has 0 saturated carbocycles. The number of nitrogens with one attached hydrogen (secondary N) is 2. The first-order chi connectivity index (χ1) is 15.2. The molecule has 3 aromatic rings. The third-order valence-electron chi connectivity index (χ3n) is 4.79. The van der Waals surface area contributed by atoms with E-state index in [9.17, 15) is 10.1 Å². The molecule has 0 bridgehead atoms. The molecule has 2 aromatic carbocycles. The number of ether oxygens (including phenoxy) is 3. The Kier molecular flexibility index (Phi) is 6.03. The van der Waals surface area contributed by atoms with Gasteiger partial charge in [-0.2, -0.15) is 5.26 Å². The normalized spacial score (nSPS) is 11.7. The van der Waals surface area contributed by atoms with Gasteiger partial charge in [0.1, 0.15) is 17.6 Å². The van der Waals surface area contributed by atoms with Gasteiger partial charge in [0, 0.05) is 30.1 Å². The molecule has 0 saturated heterocycles. The molecule has 0 fully saturated rings. The second kappa shape index (κ2) is 9.22. The minimum atomic E-state index is -0.138. The Morgan fingerprint density at radius 2 is 1.94 bits per heavy atom. The number of hydrogen-bond acceptors (Lipinski definition) is 7. The van der Waals surface area contributed by atoms with Gasteiger partial charge in [0.25, 0.3) is 5.91 Å². The molecule has 4 rings (SSSR count). The average Bonchev–Trinajstić information content (AvgIpc) is 3.24. The van der Waals surface area contributed by atoms with E-state index in [1.54, 1.807) is 36.4 Å². The molecule has 31 heavy (non-hydrogen) atoms. The van der Waals surface area contributed by atoms with Gasteiger partial charge in [0.15, 0.2) is 11.5 Å². The van der Waals surface area contributed by atoms with E-state index in [0.29, 0.717) is 54.6 Å². The molecule has 0 unspecified atom stereocenters. The Hall–Kier alpha value is -3.99. The van der Waals surface area contributed by atoms with Gasteiger partial charge in [-0.25, -0.2) is 4.98 Å². The third kappa shape index (κ3) is 4.61. The number of carbonyl (C=O) groups is 1. The number of carbonyl (C=O) groups excluding carboxylic acids is 1. The van der Waals surface area contributed by atoms with Crippen molar-refractivity contribution in [3.63, 3.8) is 0 Å². The summed E-state index contributed by atoms with van der Waals surface area (Å²) in [6.07, 6.45) is 0.675. The van der Waals surface area contributed by atoms with Crippen molar-refractivity contribution in [3.05, 3.63) is 53.6 Å². The number of hydrogen-bond donors (Lipinski definition) is 2. The minimum absolute atomic E-state index is 0.138. The van der Waals surface area contributed by atoms with E-state index in [0.717, 1.165) is 16.7 Å². The maximum atomic E-state index is 12.2. The topological polar surface area (TPSA) is 106 Å². The monoisotopic (exact) mass is 418 g/mol. The molecule has 8 heteroatoms. The predicted octanol–water partition coefficient (Wildman–Crippen LogP) is 3.47. The van der Waals surface area contributed by atoms with Gasteiger partial charge in [0.2, 0.25) is 6.79 Å². The number of aromatic nitrogens is 1. The van der Waals surface area contributed by atoms with Crippen LogP contribution >= 0.6 is 0 Å². The fourth-order valence-corrected chi connectivity index (χ4v) is 3.25. The lowest BCUT2D eigenvalue weighted by Gasteiger charge is -2.10. The van der Waals surface area contributed by atoms with Crippen molar-refractivity contribution in [1.29, 1.82) is 5.26 Å². The summed E-state index contributed by atoms with van der Waals surface area (Å²) >= 11 is 0. The largest absolute Gasteiger partial charge is 0.494 e. The molecule has 1 amide bonds. The molecule has 1 aliphatic rings. The van der Waals surface area contributed by atoms with Crippen LogP contribution in [0.5, 0.6) is 17.2 Å². The first kappa shape index (κ1) is 20.3. The molecule has 2 N–H and O–H groups in total. The summed E-state index contributed by atoms with van der Waals surface area (Å²) in [7, 11) is 0. The second-order valence-corrected chi connectivity index (χ2v) is 6.89. The second-order valence-electron chi connectivity index (χ2n) is 6.89. The molecule has 1 aromatic heterocycles. The number of amides is 1. The Balaban J connectivity index is 1.31. The van der Waals surface area contributed by atoms with Crippen LogP contribution in [0.2, 0.25) is 0 Å². The summed E-state index contributed by atoms with van der Waals surface area (Å²) in [5.74, 6) is 2.41. The van der Waals surface area contributed by atoms with E-state index in [1.165, 1.54) is 0 Å². The van der Waals surface area contributed by atoms with Gasteiger partial charge in [-0.3, -0.25) is 4.79 Å². The lowest BCUT2D eigenvalue weighted by molar-refractivity contribution is 0.0953. The van der Waals surface area contributed by atoms with E-state index in [2.05, 4.69) is 21.7 Å². The van der Waals surface area contributed by atoms with Gasteiger partial charge in [-0.15, -0.1) is 0 Å². The van der Waals surface area contributed by atoms with E-state index in [-0.39, 0.29) is 12.7 Å². The van der Waals surface area contributed by atoms with Gasteiger partial charge < -0.3 is 24.8 Å². The molecule has 2 heterocycles. The van der Waals surface area contributed by atoms with E-state index >= 15 is 0 Å². The maximum absolute atomic E-state index is 12.2. The smallest absolute Gasteiger partial charge is 0.251 e. The molecule has 1 aliphatic heterocycles. The van der Waals surface area contributed by atoms with Crippen LogP contribution in [0, 0.1) is 11.3 Å². The standard InChI is InChI=1S/C23H22N4O4/c1-2-29-18-6-4-15(5-7-18)23(28)26-9-3-8-25-22-17(13-24)10-16-11-20-21(31-14-30-20)12-19(16)27-22/h4-7,10-12H,2-3,8-9,14H2,1H3,(H,25,27)(H,26,28). The summed E-state index contributed by atoms with van der Waals surface area (Å²) in [5.41, 5.74) is 1.75. The van der Waals surface area contributed by atoms with Gasteiger partial charge in [0.05, 0.1) is 17.7 Å². The van der Waals surface area contributed by atoms with Crippen LogP contribution in [0.25, 0.3) is 10.9 Å². The number of pyridine rings is 1. The summed E-state index contributed by atoms with van der Waals surface area (Å²) < 4.78 is 16.2. The number of nitrogens with zero attached hydrogens (tertiary/aromatic N) is 2. The Morgan fingerprint density at radius 3 is 2.68 bits per heavy atom. The minimum Gasteiger partial charge on any atom is -0.494 e. The Morgan fingerprint density at radius 1 is 1.16 bits per heavy atom. The van der Waals surface area contributed by atoms with Crippen molar-refractivity contribution in [2.75, 3.05) is 31.8 Å². The van der Waals surface area contributed by atoms with Crippen LogP contribution in [0.15, 0.2) is 42.5 Å².